The third kappa shape index (κ3) is 4.33. The molecule has 0 spiro atoms. The van der Waals surface area contributed by atoms with E-state index < -0.39 is 10.1 Å². The number of nitrogens with zero attached hydrogens (tertiary/aromatic N) is 2. The summed E-state index contributed by atoms with van der Waals surface area (Å²) < 4.78 is 34.0. The van der Waals surface area contributed by atoms with Gasteiger partial charge in [0.15, 0.2) is 0 Å². The van der Waals surface area contributed by atoms with Gasteiger partial charge >= 0.3 is 75.5 Å². The second kappa shape index (κ2) is 7.14. The van der Waals surface area contributed by atoms with E-state index in [1.807, 2.05) is 26.1 Å². The van der Waals surface area contributed by atoms with Crippen molar-refractivity contribution in [3.05, 3.63) is 58.5 Å². The molecule has 0 unspecified atom stereocenters. The van der Waals surface area contributed by atoms with Crippen LogP contribution in [0.3, 0.4) is 0 Å². The zero-order valence-electron chi connectivity index (χ0n) is 12.7. The molecule has 1 heterocycles. The molecule has 0 amide bonds. The Morgan fingerprint density at radius 2 is 1.74 bits per heavy atom. The van der Waals surface area contributed by atoms with E-state index in [2.05, 4.69) is 21.8 Å². The van der Waals surface area contributed by atoms with Crippen LogP contribution in [0.1, 0.15) is 5.56 Å². The fourth-order valence-corrected chi connectivity index (χ4v) is 4.37. The number of nitrogens with two attached hydrogens (primary N) is 1. The van der Waals surface area contributed by atoms with Crippen LogP contribution < -0.4 is 10.2 Å². The molecule has 23 heavy (non-hydrogen) atoms. The van der Waals surface area contributed by atoms with Crippen LogP contribution in [0.5, 0.6) is 0 Å². The fourth-order valence-electron chi connectivity index (χ4n) is 1.91. The van der Waals surface area contributed by atoms with E-state index in [0.29, 0.717) is 14.5 Å². The van der Waals surface area contributed by atoms with Crippen LogP contribution in [-0.2, 0) is 17.2 Å². The van der Waals surface area contributed by atoms with Crippen molar-refractivity contribution in [2.24, 2.45) is 18.0 Å². The van der Waals surface area contributed by atoms with Crippen molar-refractivity contribution in [1.82, 2.24) is 4.57 Å². The van der Waals surface area contributed by atoms with E-state index in [9.17, 15) is 8.42 Å². The Balaban J connectivity index is 0.000000168. The van der Waals surface area contributed by atoms with Gasteiger partial charge in [-0.3, -0.25) is 4.55 Å². The van der Waals surface area contributed by atoms with Crippen molar-refractivity contribution in [3.8, 4) is 0 Å². The van der Waals surface area contributed by atoms with Crippen LogP contribution in [0.15, 0.2) is 58.5 Å². The van der Waals surface area contributed by atoms with Gasteiger partial charge in [0, 0.05) is 0 Å². The molecule has 0 aliphatic carbocycles. The van der Waals surface area contributed by atoms with Crippen molar-refractivity contribution in [2.45, 2.75) is 11.8 Å². The molecule has 0 radical (unpaired) electrons. The summed E-state index contributed by atoms with van der Waals surface area (Å²) in [5.41, 5.74) is 2.19. The Bertz CT molecular complexity index is 973. The van der Waals surface area contributed by atoms with Gasteiger partial charge in [0.25, 0.3) is 10.1 Å². The standard InChI is InChI=1S/C8H9N3Se.C7H8O3S/c1-11-6-4-2-3-5-7(6)12-8(11)10-9;1-6-2-4-7(5-3-6)11(8,9)10/h2-5H,9H2,1H3;2-5H,1H3,(H,8,9,10). The van der Waals surface area contributed by atoms with Gasteiger partial charge in [0.05, 0.1) is 4.90 Å². The average molecular weight is 398 g/mol. The first-order valence-corrected chi connectivity index (χ1v) is 9.81. The molecule has 122 valence electrons. The Labute approximate surface area is 140 Å². The number of aromatic nitrogens is 1. The second-order valence-corrected chi connectivity index (χ2v) is 8.37. The number of benzene rings is 2. The van der Waals surface area contributed by atoms with Crippen molar-refractivity contribution >= 4 is 34.4 Å². The molecular formula is C15H17N3O3SSe. The van der Waals surface area contributed by atoms with Crippen molar-refractivity contribution in [1.29, 1.82) is 0 Å². The Hall–Kier alpha value is -1.86. The average Bonchev–Trinajstić information content (AvgIpc) is 2.84. The summed E-state index contributed by atoms with van der Waals surface area (Å²) in [6.45, 7) is 1.84. The van der Waals surface area contributed by atoms with Crippen LogP contribution in [0.2, 0.25) is 0 Å². The van der Waals surface area contributed by atoms with Gasteiger partial charge in [0.1, 0.15) is 0 Å². The molecular weight excluding hydrogens is 381 g/mol. The van der Waals surface area contributed by atoms with Crippen LogP contribution in [0, 0.1) is 6.92 Å². The number of fused-ring (bicyclic) bond motifs is 1. The second-order valence-electron chi connectivity index (χ2n) is 4.83. The van der Waals surface area contributed by atoms with Gasteiger partial charge in [-0.15, -0.1) is 0 Å². The Kier molecular flexibility index (Phi) is 5.43. The molecule has 0 saturated heterocycles. The number of hydrogen-bond donors (Lipinski definition) is 2. The molecule has 0 saturated carbocycles. The molecule has 3 N–H and O–H groups in total. The molecule has 0 fully saturated rings. The maximum atomic E-state index is 10.5. The molecule has 6 nitrogen and oxygen atoms in total. The topological polar surface area (TPSA) is 97.7 Å². The predicted molar refractivity (Wildman–Crippen MR) is 90.6 cm³/mol. The summed E-state index contributed by atoms with van der Waals surface area (Å²) in [6.07, 6.45) is 0. The summed E-state index contributed by atoms with van der Waals surface area (Å²) in [6, 6.07) is 14.3. The van der Waals surface area contributed by atoms with Gasteiger partial charge in [-0.05, 0) is 19.1 Å². The Morgan fingerprint density at radius 1 is 1.13 bits per heavy atom. The molecule has 1 aromatic heterocycles. The quantitative estimate of drug-likeness (QED) is 0.279. The van der Waals surface area contributed by atoms with Gasteiger partial charge < -0.3 is 0 Å². The summed E-state index contributed by atoms with van der Waals surface area (Å²) in [4.78, 5) is -0.0666. The monoisotopic (exact) mass is 399 g/mol. The molecule has 0 aliphatic rings. The van der Waals surface area contributed by atoms with Gasteiger partial charge in [-0.2, -0.15) is 8.42 Å². The van der Waals surface area contributed by atoms with Gasteiger partial charge in [0.2, 0.25) is 0 Å². The number of aryl methyl sites for hydroxylation is 2. The number of hydrogen-bond acceptors (Lipinski definition) is 4. The summed E-state index contributed by atoms with van der Waals surface area (Å²) in [7, 11) is -2.02. The van der Waals surface area contributed by atoms with E-state index >= 15 is 0 Å². The van der Waals surface area contributed by atoms with Gasteiger partial charge in [-0.25, -0.2) is 0 Å². The normalized spacial score (nSPS) is 12.0. The van der Waals surface area contributed by atoms with Crippen LogP contribution in [-0.4, -0.2) is 32.0 Å². The molecule has 3 rings (SSSR count). The molecule has 2 aromatic carbocycles. The molecule has 0 atom stereocenters. The van der Waals surface area contributed by atoms with Crippen LogP contribution >= 0.6 is 0 Å². The zero-order valence-corrected chi connectivity index (χ0v) is 15.2. The number of rotatable bonds is 1. The van der Waals surface area contributed by atoms with E-state index in [4.69, 9.17) is 10.4 Å². The third-order valence-electron chi connectivity index (χ3n) is 3.14. The molecule has 0 aliphatic heterocycles. The van der Waals surface area contributed by atoms with E-state index in [-0.39, 0.29) is 4.90 Å². The van der Waals surface area contributed by atoms with E-state index in [1.54, 1.807) is 12.1 Å². The van der Waals surface area contributed by atoms with E-state index in [0.717, 1.165) is 9.93 Å². The minimum atomic E-state index is -4.02. The Morgan fingerprint density at radius 3 is 2.26 bits per heavy atom. The van der Waals surface area contributed by atoms with Crippen LogP contribution in [0.4, 0.5) is 0 Å². The first-order valence-electron chi connectivity index (χ1n) is 6.65. The summed E-state index contributed by atoms with van der Waals surface area (Å²) >= 11 is 0.292. The van der Waals surface area contributed by atoms with Crippen molar-refractivity contribution in [2.75, 3.05) is 0 Å². The van der Waals surface area contributed by atoms with Gasteiger partial charge in [-0.1, -0.05) is 17.7 Å². The SMILES string of the molecule is Cc1ccc(S(=O)(=O)O)cc1.Cn1c(=NN)[se]c2ccccc21. The minimum absolute atomic E-state index is 0.0666. The molecule has 0 bridgehead atoms. The van der Waals surface area contributed by atoms with Crippen molar-refractivity contribution in [3.63, 3.8) is 0 Å². The fraction of sp³-hybridized carbons (Fsp3) is 0.133. The summed E-state index contributed by atoms with van der Waals surface area (Å²) in [5, 5.41) is 3.75. The first-order chi connectivity index (χ1) is 10.8. The molecule has 3 aromatic rings. The third-order valence-corrected chi connectivity index (χ3v) is 6.38. The molecule has 8 heteroatoms. The summed E-state index contributed by atoms with van der Waals surface area (Å²) in [5.74, 6) is 5.27. The van der Waals surface area contributed by atoms with Crippen LogP contribution in [0.25, 0.3) is 9.78 Å². The predicted octanol–water partition coefficient (Wildman–Crippen LogP) is 1.25. The zero-order chi connectivity index (χ0) is 17.0. The maximum absolute atomic E-state index is 10.5. The van der Waals surface area contributed by atoms with Crippen molar-refractivity contribution < 1.29 is 13.0 Å². The van der Waals surface area contributed by atoms with E-state index in [1.165, 1.54) is 21.9 Å². The first kappa shape index (κ1) is 17.5. The number of para-hydroxylation sites is 1.